The number of anilines is 4. The van der Waals surface area contributed by atoms with Crippen LogP contribution >= 0.6 is 27.3 Å². The highest BCUT2D eigenvalue weighted by Gasteiger charge is 2.24. The number of benzene rings is 1. The molecule has 0 radical (unpaired) electrons. The van der Waals surface area contributed by atoms with E-state index in [2.05, 4.69) is 55.7 Å². The Labute approximate surface area is 203 Å². The van der Waals surface area contributed by atoms with Gasteiger partial charge in [0, 0.05) is 41.9 Å². The first-order chi connectivity index (χ1) is 15.8. The van der Waals surface area contributed by atoms with E-state index in [4.69, 9.17) is 4.74 Å². The third-order valence-corrected chi connectivity index (χ3v) is 6.94. The summed E-state index contributed by atoms with van der Waals surface area (Å²) in [6.07, 6.45) is 1.18. The lowest BCUT2D eigenvalue weighted by Crippen LogP contribution is -2.54. The molecule has 1 amide bonds. The lowest BCUT2D eigenvalue weighted by atomic mass is 10.1. The Morgan fingerprint density at radius 1 is 1.24 bits per heavy atom. The molecule has 3 heterocycles. The summed E-state index contributed by atoms with van der Waals surface area (Å²) < 4.78 is 20.4. The number of methoxy groups -OCH3 is 1. The van der Waals surface area contributed by atoms with Crippen molar-refractivity contribution in [1.29, 1.82) is 0 Å². The number of nitrogens with zero attached hydrogens (tertiary/aromatic N) is 3. The molecule has 3 N–H and O–H groups in total. The van der Waals surface area contributed by atoms with E-state index in [1.807, 2.05) is 4.90 Å². The molecule has 3 aromatic rings. The van der Waals surface area contributed by atoms with Crippen LogP contribution < -0.4 is 25.6 Å². The molecule has 4 rings (SSSR count). The fraction of sp³-hybridized carbons (Fsp3) is 0.318. The number of thiophene rings is 1. The van der Waals surface area contributed by atoms with Crippen LogP contribution in [-0.4, -0.2) is 48.2 Å². The summed E-state index contributed by atoms with van der Waals surface area (Å²) in [5.74, 6) is 0.277. The van der Waals surface area contributed by atoms with Crippen molar-refractivity contribution in [3.05, 3.63) is 51.0 Å². The number of carbonyl (C=O) groups excluding carboxylic acids is 1. The van der Waals surface area contributed by atoms with Gasteiger partial charge in [-0.3, -0.25) is 4.79 Å². The van der Waals surface area contributed by atoms with Crippen LogP contribution in [0.4, 0.5) is 27.5 Å². The van der Waals surface area contributed by atoms with Crippen molar-refractivity contribution in [3.63, 3.8) is 0 Å². The van der Waals surface area contributed by atoms with Crippen LogP contribution in [0, 0.1) is 5.82 Å². The quantitative estimate of drug-likeness (QED) is 0.424. The summed E-state index contributed by atoms with van der Waals surface area (Å²) in [5, 5.41) is 11.1. The van der Waals surface area contributed by atoms with E-state index in [0.29, 0.717) is 27.9 Å². The molecule has 0 saturated carbocycles. The third-order valence-electron chi connectivity index (χ3n) is 5.09. The Bertz CT molecular complexity index is 1130. The molecule has 1 saturated heterocycles. The Kier molecular flexibility index (Phi) is 7.11. The molecule has 33 heavy (non-hydrogen) atoms. The van der Waals surface area contributed by atoms with Crippen molar-refractivity contribution in [2.45, 2.75) is 25.9 Å². The monoisotopic (exact) mass is 534 g/mol. The molecule has 0 aliphatic carbocycles. The number of amides is 1. The number of ether oxygens (including phenoxy) is 1. The molecule has 1 aromatic carbocycles. The van der Waals surface area contributed by atoms with Gasteiger partial charge in [0.25, 0.3) is 5.91 Å². The lowest BCUT2D eigenvalue weighted by molar-refractivity contribution is 0.102. The van der Waals surface area contributed by atoms with Crippen molar-refractivity contribution in [2.75, 3.05) is 35.7 Å². The number of carbonyl (C=O) groups is 1. The van der Waals surface area contributed by atoms with Crippen LogP contribution in [-0.2, 0) is 0 Å². The first kappa shape index (κ1) is 23.4. The Morgan fingerprint density at radius 2 is 1.91 bits per heavy atom. The summed E-state index contributed by atoms with van der Waals surface area (Å²) in [5.41, 5.74) is 1.24. The van der Waals surface area contributed by atoms with E-state index < -0.39 is 5.82 Å². The minimum atomic E-state index is -0.539. The van der Waals surface area contributed by atoms with Gasteiger partial charge in [0.2, 0.25) is 5.95 Å². The van der Waals surface area contributed by atoms with E-state index in [0.717, 1.165) is 17.6 Å². The van der Waals surface area contributed by atoms with E-state index in [1.165, 1.54) is 24.6 Å². The molecule has 0 bridgehead atoms. The normalized spacial score (nSPS) is 18.2. The fourth-order valence-corrected chi connectivity index (χ4v) is 5.28. The van der Waals surface area contributed by atoms with Crippen molar-refractivity contribution in [3.8, 4) is 5.75 Å². The first-order valence-corrected chi connectivity index (χ1v) is 12.0. The summed E-state index contributed by atoms with van der Waals surface area (Å²) in [4.78, 5) is 23.7. The average molecular weight is 535 g/mol. The molecule has 2 aromatic heterocycles. The highest BCUT2D eigenvalue weighted by Crippen LogP contribution is 2.35. The lowest BCUT2D eigenvalue weighted by Gasteiger charge is -2.36. The minimum absolute atomic E-state index is 0.101. The Balaban J connectivity index is 1.45. The maximum absolute atomic E-state index is 14.4. The molecular weight excluding hydrogens is 511 g/mol. The van der Waals surface area contributed by atoms with Crippen LogP contribution in [0.2, 0.25) is 0 Å². The minimum Gasteiger partial charge on any atom is -0.494 e. The molecule has 174 valence electrons. The summed E-state index contributed by atoms with van der Waals surface area (Å²) >= 11 is 4.65. The maximum Gasteiger partial charge on any atom is 0.269 e. The van der Waals surface area contributed by atoms with Gasteiger partial charge in [-0.25, -0.2) is 9.37 Å². The molecule has 1 aliphatic heterocycles. The van der Waals surface area contributed by atoms with Crippen LogP contribution in [0.1, 0.15) is 23.5 Å². The summed E-state index contributed by atoms with van der Waals surface area (Å²) in [7, 11) is 1.52. The highest BCUT2D eigenvalue weighted by molar-refractivity contribution is 9.10. The number of hydrogen-bond donors (Lipinski definition) is 3. The predicted molar refractivity (Wildman–Crippen MR) is 133 cm³/mol. The highest BCUT2D eigenvalue weighted by atomic mass is 79.9. The number of nitrogens with one attached hydrogen (secondary N) is 3. The van der Waals surface area contributed by atoms with Gasteiger partial charge in [0.05, 0.1) is 17.8 Å². The molecule has 2 atom stereocenters. The van der Waals surface area contributed by atoms with Gasteiger partial charge in [-0.05, 0) is 54.0 Å². The SMILES string of the molecule is COc1c(Br)csc1C(=O)Nc1ccc(Nc2nc(N3C[C@@H](C)N[C@@H](C)C3)ncc2F)cc1. The molecular formula is C22H24BrFN6O2S. The first-order valence-electron chi connectivity index (χ1n) is 10.4. The zero-order valence-corrected chi connectivity index (χ0v) is 20.8. The molecule has 1 fully saturated rings. The molecule has 0 unspecified atom stereocenters. The van der Waals surface area contributed by atoms with Gasteiger partial charge < -0.3 is 25.6 Å². The number of halogens is 2. The van der Waals surface area contributed by atoms with Gasteiger partial charge >= 0.3 is 0 Å². The predicted octanol–water partition coefficient (Wildman–Crippen LogP) is 4.63. The standard InChI is InChI=1S/C22H24BrFN6O2S/c1-12-9-30(10-13(2)26-12)22-25-8-17(24)20(29-22)27-14-4-6-15(7-5-14)28-21(31)19-18(32-3)16(23)11-33-19/h4-8,11-13,26H,9-10H2,1-3H3,(H,28,31)(H,25,27,29)/t12-,13+. The number of piperazine rings is 1. The van der Waals surface area contributed by atoms with Crippen molar-refractivity contribution in [2.24, 2.45) is 0 Å². The van der Waals surface area contributed by atoms with Crippen LogP contribution in [0.25, 0.3) is 0 Å². The van der Waals surface area contributed by atoms with Gasteiger partial charge in [-0.1, -0.05) is 0 Å². The molecule has 1 aliphatic rings. The number of rotatable bonds is 6. The zero-order valence-electron chi connectivity index (χ0n) is 18.4. The van der Waals surface area contributed by atoms with Crippen molar-refractivity contribution in [1.82, 2.24) is 15.3 Å². The van der Waals surface area contributed by atoms with Gasteiger partial charge in [0.15, 0.2) is 17.4 Å². The van der Waals surface area contributed by atoms with Crippen LogP contribution in [0.5, 0.6) is 5.75 Å². The fourth-order valence-electron chi connectivity index (χ4n) is 3.72. The smallest absolute Gasteiger partial charge is 0.269 e. The van der Waals surface area contributed by atoms with Crippen LogP contribution in [0.3, 0.4) is 0 Å². The van der Waals surface area contributed by atoms with Crippen molar-refractivity contribution < 1.29 is 13.9 Å². The van der Waals surface area contributed by atoms with E-state index in [-0.39, 0.29) is 23.8 Å². The molecule has 0 spiro atoms. The van der Waals surface area contributed by atoms with E-state index in [1.54, 1.807) is 29.6 Å². The summed E-state index contributed by atoms with van der Waals surface area (Å²) in [6, 6.07) is 7.53. The Hall–Kier alpha value is -2.76. The average Bonchev–Trinajstić information content (AvgIpc) is 3.16. The van der Waals surface area contributed by atoms with E-state index >= 15 is 0 Å². The molecule has 8 nitrogen and oxygen atoms in total. The maximum atomic E-state index is 14.4. The van der Waals surface area contributed by atoms with Gasteiger partial charge in [-0.2, -0.15) is 4.98 Å². The zero-order chi connectivity index (χ0) is 23.5. The van der Waals surface area contributed by atoms with E-state index in [9.17, 15) is 9.18 Å². The van der Waals surface area contributed by atoms with Gasteiger partial charge in [0.1, 0.15) is 4.88 Å². The number of hydrogen-bond acceptors (Lipinski definition) is 8. The second kappa shape index (κ2) is 10.0. The third kappa shape index (κ3) is 5.43. The second-order valence-electron chi connectivity index (χ2n) is 7.84. The van der Waals surface area contributed by atoms with Gasteiger partial charge in [-0.15, -0.1) is 11.3 Å². The summed E-state index contributed by atoms with van der Waals surface area (Å²) in [6.45, 7) is 5.68. The topological polar surface area (TPSA) is 91.4 Å². The van der Waals surface area contributed by atoms with Crippen LogP contribution in [0.15, 0.2) is 40.3 Å². The van der Waals surface area contributed by atoms with Crippen molar-refractivity contribution >= 4 is 56.3 Å². The second-order valence-corrected chi connectivity index (χ2v) is 9.58. The Morgan fingerprint density at radius 3 is 2.58 bits per heavy atom. The molecule has 11 heteroatoms. The largest absolute Gasteiger partial charge is 0.494 e. The number of aromatic nitrogens is 2.